The molecular formula is C20H30NO8P. The summed E-state index contributed by atoms with van der Waals surface area (Å²) in [5.74, 6) is -1.28. The number of hydrogen-bond acceptors (Lipinski definition) is 8. The van der Waals surface area contributed by atoms with Gasteiger partial charge in [0, 0.05) is 12.2 Å². The summed E-state index contributed by atoms with van der Waals surface area (Å²) in [6, 6.07) is 8.91. The Morgan fingerprint density at radius 1 is 1.03 bits per heavy atom. The van der Waals surface area contributed by atoms with Gasteiger partial charge in [0.15, 0.2) is 0 Å². The third-order valence-electron chi connectivity index (χ3n) is 3.83. The number of likely N-dealkylation sites (N-methyl/N-ethyl adjacent to an activating group) is 1. The number of phosphoric acid groups is 1. The van der Waals surface area contributed by atoms with Crippen molar-refractivity contribution in [2.45, 2.75) is 26.6 Å². The van der Waals surface area contributed by atoms with Gasteiger partial charge in [0.1, 0.15) is 26.3 Å². The Balaban J connectivity index is 2.27. The van der Waals surface area contributed by atoms with Crippen LogP contribution < -0.4 is 4.89 Å². The van der Waals surface area contributed by atoms with Crippen molar-refractivity contribution in [3.63, 3.8) is 0 Å². The number of esters is 2. The van der Waals surface area contributed by atoms with Gasteiger partial charge in [-0.3, -0.25) is 4.57 Å². The lowest BCUT2D eigenvalue weighted by atomic mass is 10.2. The van der Waals surface area contributed by atoms with Gasteiger partial charge in [0.25, 0.3) is 7.82 Å². The molecule has 0 aliphatic carbocycles. The smallest absolute Gasteiger partial charge is 0.331 e. The molecular weight excluding hydrogens is 413 g/mol. The van der Waals surface area contributed by atoms with Crippen LogP contribution in [-0.4, -0.2) is 62.9 Å². The van der Waals surface area contributed by atoms with Crippen LogP contribution in [0.15, 0.2) is 42.5 Å². The zero-order valence-electron chi connectivity index (χ0n) is 17.8. The number of quaternary nitrogens is 1. The summed E-state index contributed by atoms with van der Waals surface area (Å²) in [6.07, 6.45) is 1.75. The Morgan fingerprint density at radius 2 is 1.63 bits per heavy atom. The van der Waals surface area contributed by atoms with E-state index < -0.39 is 19.8 Å². The zero-order valence-corrected chi connectivity index (χ0v) is 18.7. The lowest BCUT2D eigenvalue weighted by Gasteiger charge is -2.30. The van der Waals surface area contributed by atoms with Crippen LogP contribution in [0.25, 0.3) is 0 Å². The van der Waals surface area contributed by atoms with Crippen molar-refractivity contribution in [3.05, 3.63) is 48.0 Å². The van der Waals surface area contributed by atoms with E-state index in [2.05, 4.69) is 0 Å². The summed E-state index contributed by atoms with van der Waals surface area (Å²) >= 11 is 0. The van der Waals surface area contributed by atoms with E-state index >= 15 is 0 Å². The number of carbonyl (C=O) groups is 2. The molecule has 0 heterocycles. The van der Waals surface area contributed by atoms with Crippen molar-refractivity contribution in [1.82, 2.24) is 0 Å². The molecule has 0 saturated carbocycles. The highest BCUT2D eigenvalue weighted by molar-refractivity contribution is 7.45. The van der Waals surface area contributed by atoms with Crippen molar-refractivity contribution in [2.75, 3.05) is 40.4 Å². The normalized spacial score (nSPS) is 13.9. The van der Waals surface area contributed by atoms with Crippen LogP contribution in [0.4, 0.5) is 0 Å². The second-order valence-electron chi connectivity index (χ2n) is 7.41. The van der Waals surface area contributed by atoms with Crippen LogP contribution in [0.3, 0.4) is 0 Å². The SMILES string of the molecule is CC(C)OC(=O)/C=C/C(=O)OCC[N+](C)(C)CCOP(=O)([O-])OCc1ccccc1. The molecule has 10 heteroatoms. The largest absolute Gasteiger partial charge is 0.756 e. The first kappa shape index (κ1) is 26.0. The van der Waals surface area contributed by atoms with E-state index in [1.807, 2.05) is 20.2 Å². The molecule has 1 atom stereocenters. The molecule has 168 valence electrons. The molecule has 0 N–H and O–H groups in total. The highest BCUT2D eigenvalue weighted by atomic mass is 31.2. The molecule has 0 fully saturated rings. The van der Waals surface area contributed by atoms with Crippen LogP contribution in [-0.2, 0) is 39.3 Å². The first-order valence-corrected chi connectivity index (χ1v) is 11.0. The molecule has 0 radical (unpaired) electrons. The monoisotopic (exact) mass is 443 g/mol. The van der Waals surface area contributed by atoms with Gasteiger partial charge >= 0.3 is 11.9 Å². The molecule has 0 amide bonds. The molecule has 30 heavy (non-hydrogen) atoms. The summed E-state index contributed by atoms with van der Waals surface area (Å²) in [5.41, 5.74) is 0.724. The Labute approximate surface area is 177 Å². The van der Waals surface area contributed by atoms with Crippen molar-refractivity contribution in [2.24, 2.45) is 0 Å². The van der Waals surface area contributed by atoms with Gasteiger partial charge in [-0.15, -0.1) is 0 Å². The molecule has 0 bridgehead atoms. The number of hydrogen-bond donors (Lipinski definition) is 0. The third-order valence-corrected chi connectivity index (χ3v) is 4.77. The number of benzene rings is 1. The van der Waals surface area contributed by atoms with E-state index in [0.29, 0.717) is 17.6 Å². The van der Waals surface area contributed by atoms with Crippen molar-refractivity contribution in [1.29, 1.82) is 0 Å². The lowest BCUT2D eigenvalue weighted by molar-refractivity contribution is -0.890. The second kappa shape index (κ2) is 12.6. The zero-order chi connectivity index (χ0) is 22.6. The van der Waals surface area contributed by atoms with E-state index in [4.69, 9.17) is 18.5 Å². The molecule has 0 aliphatic heterocycles. The molecule has 1 aromatic carbocycles. The van der Waals surface area contributed by atoms with Crippen LogP contribution in [0.5, 0.6) is 0 Å². The van der Waals surface area contributed by atoms with Crippen molar-refractivity contribution in [3.8, 4) is 0 Å². The van der Waals surface area contributed by atoms with E-state index in [1.54, 1.807) is 38.1 Å². The first-order chi connectivity index (χ1) is 14.0. The van der Waals surface area contributed by atoms with Crippen LogP contribution in [0.2, 0.25) is 0 Å². The van der Waals surface area contributed by atoms with Gasteiger partial charge in [-0.2, -0.15) is 0 Å². The Hall–Kier alpha value is -2.03. The number of phosphoric ester groups is 1. The van der Waals surface area contributed by atoms with E-state index in [0.717, 1.165) is 17.7 Å². The fourth-order valence-electron chi connectivity index (χ4n) is 2.13. The Morgan fingerprint density at radius 3 is 2.27 bits per heavy atom. The number of ether oxygens (including phenoxy) is 2. The van der Waals surface area contributed by atoms with Gasteiger partial charge in [-0.05, 0) is 19.4 Å². The highest BCUT2D eigenvalue weighted by Crippen LogP contribution is 2.39. The average molecular weight is 443 g/mol. The predicted octanol–water partition coefficient (Wildman–Crippen LogP) is 1.82. The second-order valence-corrected chi connectivity index (χ2v) is 8.82. The summed E-state index contributed by atoms with van der Waals surface area (Å²) in [7, 11) is -0.731. The van der Waals surface area contributed by atoms with Gasteiger partial charge in [0.2, 0.25) is 0 Å². The first-order valence-electron chi connectivity index (χ1n) is 9.51. The molecule has 1 rings (SSSR count). The maximum Gasteiger partial charge on any atom is 0.331 e. The standard InChI is InChI=1S/C20H30NO8P/c1-17(2)29-20(23)11-10-19(22)26-14-12-21(3,4)13-15-27-30(24,25)28-16-18-8-6-5-7-9-18/h5-11,17H,12-16H2,1-4H3/b11-10+. The minimum atomic E-state index is -4.41. The van der Waals surface area contributed by atoms with Gasteiger partial charge in [0.05, 0.1) is 26.8 Å². The summed E-state index contributed by atoms with van der Waals surface area (Å²) in [5, 5.41) is 0. The third kappa shape index (κ3) is 12.5. The highest BCUT2D eigenvalue weighted by Gasteiger charge is 2.18. The van der Waals surface area contributed by atoms with Crippen LogP contribution in [0.1, 0.15) is 19.4 Å². The number of carbonyl (C=O) groups excluding carboxylic acids is 2. The average Bonchev–Trinajstić information content (AvgIpc) is 2.65. The molecule has 1 aromatic rings. The van der Waals surface area contributed by atoms with E-state index in [1.165, 1.54) is 0 Å². The minimum absolute atomic E-state index is 0.0720. The van der Waals surface area contributed by atoms with Gasteiger partial charge in [-0.1, -0.05) is 30.3 Å². The van der Waals surface area contributed by atoms with Gasteiger partial charge in [-0.25, -0.2) is 9.59 Å². The van der Waals surface area contributed by atoms with E-state index in [-0.39, 0.29) is 25.9 Å². The molecule has 9 nitrogen and oxygen atoms in total. The topological polar surface area (TPSA) is 111 Å². The van der Waals surface area contributed by atoms with Gasteiger partial charge < -0.3 is 27.9 Å². The predicted molar refractivity (Wildman–Crippen MR) is 108 cm³/mol. The molecule has 0 spiro atoms. The number of rotatable bonds is 13. The Bertz CT molecular complexity index is 748. The quantitative estimate of drug-likeness (QED) is 0.196. The molecule has 1 unspecified atom stereocenters. The fraction of sp³-hybridized carbons (Fsp3) is 0.500. The summed E-state index contributed by atoms with van der Waals surface area (Å²) in [6.45, 7) is 4.12. The molecule has 0 saturated heterocycles. The lowest BCUT2D eigenvalue weighted by Crippen LogP contribution is -2.44. The van der Waals surface area contributed by atoms with Crippen LogP contribution in [0, 0.1) is 0 Å². The van der Waals surface area contributed by atoms with E-state index in [9.17, 15) is 19.0 Å². The fourth-order valence-corrected chi connectivity index (χ4v) is 2.81. The number of nitrogens with zero attached hydrogens (tertiary/aromatic N) is 1. The summed E-state index contributed by atoms with van der Waals surface area (Å²) in [4.78, 5) is 34.8. The molecule has 0 aliphatic rings. The molecule has 0 aromatic heterocycles. The van der Waals surface area contributed by atoms with Crippen LogP contribution >= 0.6 is 7.82 Å². The Kier molecular flexibility index (Phi) is 10.9. The maximum atomic E-state index is 11.8. The maximum absolute atomic E-state index is 11.8. The minimum Gasteiger partial charge on any atom is -0.756 e. The van der Waals surface area contributed by atoms with Crippen molar-refractivity contribution >= 4 is 19.8 Å². The summed E-state index contributed by atoms with van der Waals surface area (Å²) < 4.78 is 31.9. The van der Waals surface area contributed by atoms with Crippen molar-refractivity contribution < 1.29 is 42.1 Å².